The van der Waals surface area contributed by atoms with Crippen molar-refractivity contribution < 1.29 is 9.52 Å². The first-order valence-corrected chi connectivity index (χ1v) is 5.57. The van der Waals surface area contributed by atoms with Gasteiger partial charge < -0.3 is 9.52 Å². The zero-order chi connectivity index (χ0) is 9.97. The standard InChI is InChI=1S/C8H7BrN2O2S/c9-6-1-2-13-8(6)7(12)3-5-4-14-11-10-5/h1-2,4,7,12H,3H2. The maximum atomic E-state index is 9.78. The van der Waals surface area contributed by atoms with Crippen LogP contribution in [-0.2, 0) is 6.42 Å². The minimum atomic E-state index is -0.678. The molecule has 14 heavy (non-hydrogen) atoms. The second kappa shape index (κ2) is 4.20. The molecular formula is C8H7BrN2O2S. The van der Waals surface area contributed by atoms with Crippen molar-refractivity contribution in [1.82, 2.24) is 9.59 Å². The Morgan fingerprint density at radius 3 is 3.07 bits per heavy atom. The van der Waals surface area contributed by atoms with Gasteiger partial charge in [0.25, 0.3) is 0 Å². The lowest BCUT2D eigenvalue weighted by Gasteiger charge is -2.05. The van der Waals surface area contributed by atoms with E-state index in [-0.39, 0.29) is 0 Å². The molecule has 0 aliphatic rings. The van der Waals surface area contributed by atoms with E-state index in [0.717, 1.165) is 10.2 Å². The summed E-state index contributed by atoms with van der Waals surface area (Å²) in [6.07, 6.45) is 1.27. The van der Waals surface area contributed by atoms with Crippen molar-refractivity contribution in [2.75, 3.05) is 0 Å². The fourth-order valence-corrected chi connectivity index (χ4v) is 2.04. The Morgan fingerprint density at radius 2 is 2.50 bits per heavy atom. The van der Waals surface area contributed by atoms with Crippen LogP contribution in [0.2, 0.25) is 0 Å². The first kappa shape index (κ1) is 9.82. The van der Waals surface area contributed by atoms with Crippen molar-refractivity contribution in [1.29, 1.82) is 0 Å². The third-order valence-electron chi connectivity index (χ3n) is 1.76. The maximum absolute atomic E-state index is 9.78. The fourth-order valence-electron chi connectivity index (χ4n) is 1.11. The lowest BCUT2D eigenvalue weighted by Crippen LogP contribution is -2.01. The summed E-state index contributed by atoms with van der Waals surface area (Å²) in [7, 11) is 0. The molecule has 0 spiro atoms. The summed E-state index contributed by atoms with van der Waals surface area (Å²) in [5.74, 6) is 0.526. The predicted octanol–water partition coefficient (Wildman–Crippen LogP) is 2.17. The molecule has 1 atom stereocenters. The van der Waals surface area contributed by atoms with E-state index in [1.54, 1.807) is 11.4 Å². The van der Waals surface area contributed by atoms with Gasteiger partial charge in [0.2, 0.25) is 0 Å². The highest BCUT2D eigenvalue weighted by atomic mass is 79.9. The number of rotatable bonds is 3. The normalized spacial score (nSPS) is 13.0. The van der Waals surface area contributed by atoms with Crippen LogP contribution >= 0.6 is 27.5 Å². The summed E-state index contributed by atoms with van der Waals surface area (Å²) in [6, 6.07) is 1.75. The van der Waals surface area contributed by atoms with E-state index in [0.29, 0.717) is 12.2 Å². The van der Waals surface area contributed by atoms with Crippen LogP contribution in [0.1, 0.15) is 17.6 Å². The molecule has 0 aliphatic carbocycles. The van der Waals surface area contributed by atoms with Crippen molar-refractivity contribution in [3.63, 3.8) is 0 Å². The van der Waals surface area contributed by atoms with Gasteiger partial charge in [0, 0.05) is 11.8 Å². The van der Waals surface area contributed by atoms with Crippen LogP contribution in [0, 0.1) is 0 Å². The molecule has 1 unspecified atom stereocenters. The van der Waals surface area contributed by atoms with Crippen LogP contribution in [-0.4, -0.2) is 14.7 Å². The molecule has 4 nitrogen and oxygen atoms in total. The largest absolute Gasteiger partial charge is 0.465 e. The molecule has 2 aromatic heterocycles. The topological polar surface area (TPSA) is 59.2 Å². The number of aromatic nitrogens is 2. The van der Waals surface area contributed by atoms with Gasteiger partial charge in [0.05, 0.1) is 16.4 Å². The highest BCUT2D eigenvalue weighted by molar-refractivity contribution is 9.10. The Balaban J connectivity index is 2.10. The molecule has 2 heterocycles. The Kier molecular flexibility index (Phi) is 2.95. The molecule has 0 radical (unpaired) electrons. The van der Waals surface area contributed by atoms with Crippen molar-refractivity contribution in [3.05, 3.63) is 33.6 Å². The minimum absolute atomic E-state index is 0.419. The third-order valence-corrected chi connectivity index (χ3v) is 2.96. The SMILES string of the molecule is OC(Cc1csnn1)c1occc1Br. The van der Waals surface area contributed by atoms with Crippen LogP contribution in [0.5, 0.6) is 0 Å². The smallest absolute Gasteiger partial charge is 0.146 e. The molecule has 0 amide bonds. The van der Waals surface area contributed by atoms with Gasteiger partial charge in [-0.25, -0.2) is 0 Å². The quantitative estimate of drug-likeness (QED) is 0.932. The summed E-state index contributed by atoms with van der Waals surface area (Å²) < 4.78 is 9.62. The molecule has 0 aliphatic heterocycles. The highest BCUT2D eigenvalue weighted by Gasteiger charge is 2.16. The lowest BCUT2D eigenvalue weighted by atomic mass is 10.2. The molecule has 0 saturated heterocycles. The number of nitrogens with zero attached hydrogens (tertiary/aromatic N) is 2. The number of aliphatic hydroxyl groups excluding tert-OH is 1. The molecular weight excluding hydrogens is 268 g/mol. The lowest BCUT2D eigenvalue weighted by molar-refractivity contribution is 0.148. The second-order valence-corrected chi connectivity index (χ2v) is 4.21. The van der Waals surface area contributed by atoms with Crippen LogP contribution in [0.3, 0.4) is 0 Å². The number of furan rings is 1. The molecule has 74 valence electrons. The van der Waals surface area contributed by atoms with E-state index < -0.39 is 6.10 Å². The van der Waals surface area contributed by atoms with Gasteiger partial charge in [-0.15, -0.1) is 5.10 Å². The van der Waals surface area contributed by atoms with E-state index in [1.807, 2.05) is 0 Å². The van der Waals surface area contributed by atoms with Gasteiger partial charge in [-0.2, -0.15) is 0 Å². The third kappa shape index (κ3) is 2.02. The Labute approximate surface area is 92.9 Å². The first-order valence-electron chi connectivity index (χ1n) is 3.94. The van der Waals surface area contributed by atoms with Crippen LogP contribution < -0.4 is 0 Å². The minimum Gasteiger partial charge on any atom is -0.465 e. The number of aliphatic hydroxyl groups is 1. The van der Waals surface area contributed by atoms with E-state index in [1.165, 1.54) is 17.8 Å². The van der Waals surface area contributed by atoms with E-state index in [4.69, 9.17) is 4.42 Å². The number of hydrogen-bond acceptors (Lipinski definition) is 5. The summed E-state index contributed by atoms with van der Waals surface area (Å²) in [4.78, 5) is 0. The van der Waals surface area contributed by atoms with Crippen molar-refractivity contribution in [2.24, 2.45) is 0 Å². The molecule has 0 fully saturated rings. The molecule has 6 heteroatoms. The monoisotopic (exact) mass is 274 g/mol. The summed E-state index contributed by atoms with van der Waals surface area (Å²) in [6.45, 7) is 0. The van der Waals surface area contributed by atoms with E-state index in [9.17, 15) is 5.11 Å². The first-order chi connectivity index (χ1) is 6.77. The second-order valence-electron chi connectivity index (χ2n) is 2.75. The van der Waals surface area contributed by atoms with E-state index >= 15 is 0 Å². The zero-order valence-corrected chi connectivity index (χ0v) is 9.46. The highest BCUT2D eigenvalue weighted by Crippen LogP contribution is 2.26. The molecule has 2 rings (SSSR count). The van der Waals surface area contributed by atoms with Crippen LogP contribution in [0.4, 0.5) is 0 Å². The molecule has 1 N–H and O–H groups in total. The molecule has 0 bridgehead atoms. The van der Waals surface area contributed by atoms with Gasteiger partial charge in [-0.1, -0.05) is 4.49 Å². The number of halogens is 1. The average Bonchev–Trinajstić information content (AvgIpc) is 2.75. The van der Waals surface area contributed by atoms with Crippen molar-refractivity contribution in [2.45, 2.75) is 12.5 Å². The molecule has 0 aromatic carbocycles. The number of hydrogen-bond donors (Lipinski definition) is 1. The summed E-state index contributed by atoms with van der Waals surface area (Å²) >= 11 is 4.55. The Bertz CT molecular complexity index is 401. The van der Waals surface area contributed by atoms with Gasteiger partial charge in [-0.3, -0.25) is 0 Å². The van der Waals surface area contributed by atoms with Crippen molar-refractivity contribution >= 4 is 27.5 Å². The zero-order valence-electron chi connectivity index (χ0n) is 7.05. The summed E-state index contributed by atoms with van der Waals surface area (Å²) in [5.41, 5.74) is 0.769. The van der Waals surface area contributed by atoms with Crippen LogP contribution in [0.15, 0.2) is 26.6 Å². The Hall–Kier alpha value is -0.720. The average molecular weight is 275 g/mol. The van der Waals surface area contributed by atoms with Gasteiger partial charge >= 0.3 is 0 Å². The maximum Gasteiger partial charge on any atom is 0.146 e. The fraction of sp³-hybridized carbons (Fsp3) is 0.250. The molecule has 0 saturated carbocycles. The van der Waals surface area contributed by atoms with Crippen molar-refractivity contribution in [3.8, 4) is 0 Å². The van der Waals surface area contributed by atoms with E-state index in [2.05, 4.69) is 25.5 Å². The molecule has 2 aromatic rings. The summed E-state index contributed by atoms with van der Waals surface area (Å²) in [5, 5.41) is 15.4. The predicted molar refractivity (Wildman–Crippen MR) is 55.0 cm³/mol. The van der Waals surface area contributed by atoms with Gasteiger partial charge in [0.1, 0.15) is 11.9 Å². The Morgan fingerprint density at radius 1 is 1.64 bits per heavy atom. The van der Waals surface area contributed by atoms with Crippen LogP contribution in [0.25, 0.3) is 0 Å². The van der Waals surface area contributed by atoms with Gasteiger partial charge in [-0.05, 0) is 33.5 Å². The van der Waals surface area contributed by atoms with Gasteiger partial charge in [0.15, 0.2) is 0 Å².